The highest BCUT2D eigenvalue weighted by atomic mass is 32.1. The molecule has 84 valence electrons. The minimum atomic E-state index is 1.00. The number of hydrogen-bond donors (Lipinski definition) is 0. The number of nitrogens with zero attached hydrogens (tertiary/aromatic N) is 2. The van der Waals surface area contributed by atoms with Gasteiger partial charge in [-0.2, -0.15) is 0 Å². The number of aryl methyl sites for hydroxylation is 2. The molecule has 3 heterocycles. The van der Waals surface area contributed by atoms with Crippen LogP contribution in [0.5, 0.6) is 0 Å². The average Bonchev–Trinajstić information content (AvgIpc) is 2.73. The van der Waals surface area contributed by atoms with Crippen LogP contribution in [0.4, 0.5) is 0 Å². The highest BCUT2D eigenvalue weighted by Gasteiger charge is 2.08. The van der Waals surface area contributed by atoms with Crippen LogP contribution in [-0.2, 0) is 0 Å². The third kappa shape index (κ3) is 1.72. The van der Waals surface area contributed by atoms with Crippen molar-refractivity contribution in [3.63, 3.8) is 0 Å². The fourth-order valence-electron chi connectivity index (χ4n) is 1.94. The monoisotopic (exact) mass is 240 g/mol. The Bertz CT molecular complexity index is 671. The van der Waals surface area contributed by atoms with Gasteiger partial charge < -0.3 is 0 Å². The van der Waals surface area contributed by atoms with Crippen LogP contribution in [0.1, 0.15) is 11.1 Å². The predicted molar refractivity (Wildman–Crippen MR) is 72.3 cm³/mol. The van der Waals surface area contributed by atoms with Crippen LogP contribution in [0.3, 0.4) is 0 Å². The van der Waals surface area contributed by atoms with E-state index in [0.29, 0.717) is 0 Å². The molecular formula is C14H12N2S. The van der Waals surface area contributed by atoms with Gasteiger partial charge in [0.05, 0.1) is 15.9 Å². The summed E-state index contributed by atoms with van der Waals surface area (Å²) < 4.78 is 1.29. The van der Waals surface area contributed by atoms with Gasteiger partial charge in [-0.15, -0.1) is 11.3 Å². The quantitative estimate of drug-likeness (QED) is 0.643. The van der Waals surface area contributed by atoms with Crippen LogP contribution in [0.25, 0.3) is 21.5 Å². The summed E-state index contributed by atoms with van der Waals surface area (Å²) in [6.45, 7) is 4.25. The third-order valence-corrected chi connectivity index (χ3v) is 4.07. The molecule has 0 fully saturated rings. The molecule has 0 saturated carbocycles. The normalized spacial score (nSPS) is 10.9. The number of pyridine rings is 2. The van der Waals surface area contributed by atoms with Gasteiger partial charge in [0, 0.05) is 18.0 Å². The molecule has 0 aliphatic heterocycles. The molecule has 17 heavy (non-hydrogen) atoms. The summed E-state index contributed by atoms with van der Waals surface area (Å²) in [7, 11) is 0. The first-order valence-electron chi connectivity index (χ1n) is 5.51. The molecular weight excluding hydrogens is 228 g/mol. The Morgan fingerprint density at radius 2 is 2.06 bits per heavy atom. The van der Waals surface area contributed by atoms with Crippen LogP contribution in [0.2, 0.25) is 0 Å². The highest BCUT2D eigenvalue weighted by molar-refractivity contribution is 7.17. The Labute approximate surface area is 104 Å². The number of rotatable bonds is 1. The van der Waals surface area contributed by atoms with E-state index in [9.17, 15) is 0 Å². The van der Waals surface area contributed by atoms with E-state index in [1.807, 2.05) is 18.3 Å². The second kappa shape index (κ2) is 3.93. The molecule has 2 nitrogen and oxygen atoms in total. The molecule has 0 radical (unpaired) electrons. The molecule has 0 N–H and O–H groups in total. The van der Waals surface area contributed by atoms with Crippen molar-refractivity contribution in [3.05, 3.63) is 47.1 Å². The topological polar surface area (TPSA) is 25.8 Å². The molecule has 3 aromatic heterocycles. The summed E-state index contributed by atoms with van der Waals surface area (Å²) in [6.07, 6.45) is 3.64. The van der Waals surface area contributed by atoms with Crippen molar-refractivity contribution in [1.82, 2.24) is 9.97 Å². The lowest BCUT2D eigenvalue weighted by atomic mass is 10.1. The van der Waals surface area contributed by atoms with Crippen LogP contribution in [0, 0.1) is 13.8 Å². The largest absolute Gasteiger partial charge is 0.264 e. The minimum Gasteiger partial charge on any atom is -0.264 e. The number of aromatic nitrogens is 2. The smallest absolute Gasteiger partial charge is 0.0849 e. The van der Waals surface area contributed by atoms with Crippen molar-refractivity contribution in [2.24, 2.45) is 0 Å². The molecule has 3 heteroatoms. The van der Waals surface area contributed by atoms with Crippen LogP contribution >= 0.6 is 11.3 Å². The van der Waals surface area contributed by atoms with Crippen molar-refractivity contribution in [3.8, 4) is 11.3 Å². The predicted octanol–water partition coefficient (Wildman–Crippen LogP) is 3.98. The molecule has 0 aromatic carbocycles. The lowest BCUT2D eigenvalue weighted by Gasteiger charge is -2.03. The van der Waals surface area contributed by atoms with Crippen LogP contribution < -0.4 is 0 Å². The fraction of sp³-hybridized carbons (Fsp3) is 0.143. The van der Waals surface area contributed by atoms with Crippen LogP contribution in [0.15, 0.2) is 36.0 Å². The Morgan fingerprint density at radius 3 is 2.82 bits per heavy atom. The Hall–Kier alpha value is -1.74. The zero-order valence-electron chi connectivity index (χ0n) is 9.77. The van der Waals surface area contributed by atoms with Gasteiger partial charge in [-0.25, -0.2) is 4.98 Å². The van der Waals surface area contributed by atoms with E-state index >= 15 is 0 Å². The Balaban J connectivity index is 2.28. The molecule has 0 spiro atoms. The zero-order valence-corrected chi connectivity index (χ0v) is 10.6. The van der Waals surface area contributed by atoms with E-state index < -0.39 is 0 Å². The van der Waals surface area contributed by atoms with Crippen molar-refractivity contribution < 1.29 is 0 Å². The SMILES string of the molecule is Cc1csc2c(C)cc(-c3cccnc3)nc12. The molecule has 3 rings (SSSR count). The van der Waals surface area contributed by atoms with Gasteiger partial charge in [-0.05, 0) is 48.6 Å². The lowest BCUT2D eigenvalue weighted by Crippen LogP contribution is -1.87. The second-order valence-corrected chi connectivity index (χ2v) is 5.04. The Morgan fingerprint density at radius 1 is 1.18 bits per heavy atom. The van der Waals surface area contributed by atoms with E-state index in [-0.39, 0.29) is 0 Å². The van der Waals surface area contributed by atoms with Gasteiger partial charge in [0.25, 0.3) is 0 Å². The summed E-state index contributed by atoms with van der Waals surface area (Å²) in [5, 5.41) is 2.16. The fourth-order valence-corrected chi connectivity index (χ4v) is 2.91. The summed E-state index contributed by atoms with van der Waals surface area (Å²) in [4.78, 5) is 8.88. The second-order valence-electron chi connectivity index (χ2n) is 4.16. The summed E-state index contributed by atoms with van der Waals surface area (Å²) in [5.74, 6) is 0. The van der Waals surface area contributed by atoms with Gasteiger partial charge in [-0.1, -0.05) is 0 Å². The van der Waals surface area contributed by atoms with Gasteiger partial charge in [-0.3, -0.25) is 4.98 Å². The van der Waals surface area contributed by atoms with Gasteiger partial charge in [0.15, 0.2) is 0 Å². The molecule has 0 atom stereocenters. The summed E-state index contributed by atoms with van der Waals surface area (Å²) in [6, 6.07) is 6.12. The third-order valence-electron chi connectivity index (χ3n) is 2.84. The highest BCUT2D eigenvalue weighted by Crippen LogP contribution is 2.30. The van der Waals surface area contributed by atoms with Crippen molar-refractivity contribution in [1.29, 1.82) is 0 Å². The summed E-state index contributed by atoms with van der Waals surface area (Å²) >= 11 is 1.77. The van der Waals surface area contributed by atoms with Crippen molar-refractivity contribution in [2.75, 3.05) is 0 Å². The Kier molecular flexibility index (Phi) is 2.41. The molecule has 0 aliphatic carbocycles. The minimum absolute atomic E-state index is 1.00. The standard InChI is InChI=1S/C14H12N2S/c1-9-6-12(11-4-3-5-15-7-11)16-13-10(2)8-17-14(9)13/h3-8H,1-2H3. The van der Waals surface area contributed by atoms with E-state index in [0.717, 1.165) is 16.8 Å². The zero-order chi connectivity index (χ0) is 11.8. The maximum Gasteiger partial charge on any atom is 0.0849 e. The van der Waals surface area contributed by atoms with E-state index in [1.54, 1.807) is 17.5 Å². The van der Waals surface area contributed by atoms with E-state index in [2.05, 4.69) is 30.3 Å². The first kappa shape index (κ1) is 10.4. The summed E-state index contributed by atoms with van der Waals surface area (Å²) in [5.41, 5.74) is 5.73. The van der Waals surface area contributed by atoms with Crippen molar-refractivity contribution >= 4 is 21.6 Å². The van der Waals surface area contributed by atoms with Gasteiger partial charge in [0.1, 0.15) is 0 Å². The molecule has 0 amide bonds. The van der Waals surface area contributed by atoms with E-state index in [4.69, 9.17) is 4.98 Å². The maximum absolute atomic E-state index is 4.74. The lowest BCUT2D eigenvalue weighted by molar-refractivity contribution is 1.29. The van der Waals surface area contributed by atoms with E-state index in [1.165, 1.54) is 15.8 Å². The van der Waals surface area contributed by atoms with Crippen LogP contribution in [-0.4, -0.2) is 9.97 Å². The molecule has 3 aromatic rings. The maximum atomic E-state index is 4.74. The first-order valence-corrected chi connectivity index (χ1v) is 6.39. The molecule has 0 aliphatic rings. The van der Waals surface area contributed by atoms with Gasteiger partial charge >= 0.3 is 0 Å². The van der Waals surface area contributed by atoms with Crippen molar-refractivity contribution in [2.45, 2.75) is 13.8 Å². The number of thiophene rings is 1. The number of hydrogen-bond acceptors (Lipinski definition) is 3. The first-order chi connectivity index (χ1) is 8.25. The van der Waals surface area contributed by atoms with Gasteiger partial charge in [0.2, 0.25) is 0 Å². The average molecular weight is 240 g/mol. The molecule has 0 saturated heterocycles. The molecule has 0 bridgehead atoms. The number of fused-ring (bicyclic) bond motifs is 1. The molecule has 0 unspecified atom stereocenters.